The van der Waals surface area contributed by atoms with Gasteiger partial charge in [-0.05, 0) is 24.6 Å². The van der Waals surface area contributed by atoms with Gasteiger partial charge in [-0.2, -0.15) is 0 Å². The van der Waals surface area contributed by atoms with Crippen LogP contribution in [0.15, 0.2) is 12.1 Å². The lowest BCUT2D eigenvalue weighted by atomic mass is 10.1. The molecule has 25 heavy (non-hydrogen) atoms. The molecule has 4 rings (SSSR count). The topological polar surface area (TPSA) is 96.3 Å². The second-order valence-corrected chi connectivity index (χ2v) is 6.45. The Morgan fingerprint density at radius 2 is 1.08 bits per heavy atom. The highest BCUT2D eigenvalue weighted by atomic mass is 16.2. The monoisotopic (exact) mass is 344 g/mol. The van der Waals surface area contributed by atoms with Crippen LogP contribution < -0.4 is 16.0 Å². The molecule has 9 heteroatoms. The van der Waals surface area contributed by atoms with Crippen LogP contribution >= 0.6 is 0 Å². The molecule has 0 aliphatic carbocycles. The van der Waals surface area contributed by atoms with Gasteiger partial charge in [0.15, 0.2) is 0 Å². The van der Waals surface area contributed by atoms with E-state index >= 15 is 0 Å². The zero-order chi connectivity index (χ0) is 17.6. The second kappa shape index (κ2) is 5.83. The highest BCUT2D eigenvalue weighted by molar-refractivity contribution is 5.99. The van der Waals surface area contributed by atoms with Crippen molar-refractivity contribution in [2.75, 3.05) is 55.2 Å². The van der Waals surface area contributed by atoms with Crippen LogP contribution in [0, 0.1) is 6.92 Å². The minimum Gasteiger partial charge on any atom is -0.321 e. The van der Waals surface area contributed by atoms with Crippen LogP contribution in [0.2, 0.25) is 0 Å². The summed E-state index contributed by atoms with van der Waals surface area (Å²) in [6.07, 6.45) is 0. The summed E-state index contributed by atoms with van der Waals surface area (Å²) >= 11 is 0. The minimum atomic E-state index is -0.185. The van der Waals surface area contributed by atoms with E-state index in [-0.39, 0.29) is 18.1 Å². The number of anilines is 3. The number of carbonyl (C=O) groups is 3. The van der Waals surface area contributed by atoms with Crippen LogP contribution in [-0.2, 0) is 0 Å². The number of rotatable bonds is 3. The van der Waals surface area contributed by atoms with Crippen molar-refractivity contribution in [1.29, 1.82) is 0 Å². The van der Waals surface area contributed by atoms with Gasteiger partial charge >= 0.3 is 18.1 Å². The smallest absolute Gasteiger partial charge is 0.321 e. The Bertz CT molecular complexity index is 705. The molecular weight excluding hydrogens is 324 g/mol. The normalized spacial score (nSPS) is 17.1. The Labute approximate surface area is 144 Å². The van der Waals surface area contributed by atoms with Crippen molar-refractivity contribution in [2.45, 2.75) is 6.92 Å². The van der Waals surface area contributed by atoms with E-state index in [0.717, 1.165) is 44.8 Å². The van der Waals surface area contributed by atoms with Crippen LogP contribution in [-0.4, -0.2) is 72.1 Å². The van der Waals surface area contributed by atoms with Gasteiger partial charge in [-0.15, -0.1) is 0 Å². The maximum Gasteiger partial charge on any atom is 0.321 e. The van der Waals surface area contributed by atoms with Crippen LogP contribution in [0.3, 0.4) is 0 Å². The Balaban J connectivity index is 1.58. The molecular formula is C16H20N6O3. The summed E-state index contributed by atoms with van der Waals surface area (Å²) < 4.78 is 0. The molecule has 3 N–H and O–H groups in total. The van der Waals surface area contributed by atoms with E-state index in [1.807, 2.05) is 6.92 Å². The number of nitrogens with one attached hydrogen (secondary N) is 3. The van der Waals surface area contributed by atoms with E-state index in [4.69, 9.17) is 0 Å². The van der Waals surface area contributed by atoms with Gasteiger partial charge < -0.3 is 30.7 Å². The standard InChI is InChI=1S/C16H20N6O3/c1-10-12(18-15(24)21-4-5-21)8-11(17-14(23)20-2-3-20)9-13(10)19-16(25)22-6-7-22/h8-9H,2-7H2,1H3,(H,17,23)(H,18,24)(H,19,25). The maximum atomic E-state index is 12.1. The van der Waals surface area contributed by atoms with Crippen molar-refractivity contribution >= 4 is 35.2 Å². The third-order valence-electron chi connectivity index (χ3n) is 4.35. The lowest BCUT2D eigenvalue weighted by Gasteiger charge is -2.17. The first kappa shape index (κ1) is 15.6. The molecule has 9 nitrogen and oxygen atoms in total. The molecule has 0 aromatic heterocycles. The van der Waals surface area contributed by atoms with E-state index in [1.54, 1.807) is 26.8 Å². The first-order valence-corrected chi connectivity index (χ1v) is 8.34. The molecule has 0 spiro atoms. The lowest BCUT2D eigenvalue weighted by molar-refractivity contribution is 0.241. The van der Waals surface area contributed by atoms with Gasteiger partial charge in [0.2, 0.25) is 0 Å². The molecule has 3 fully saturated rings. The molecule has 1 aromatic carbocycles. The number of carbonyl (C=O) groups excluding carboxylic acids is 3. The van der Waals surface area contributed by atoms with Gasteiger partial charge in [-0.1, -0.05) is 0 Å². The van der Waals surface area contributed by atoms with E-state index in [2.05, 4.69) is 16.0 Å². The predicted molar refractivity (Wildman–Crippen MR) is 93.0 cm³/mol. The van der Waals surface area contributed by atoms with Gasteiger partial charge in [0.25, 0.3) is 0 Å². The second-order valence-electron chi connectivity index (χ2n) is 6.45. The van der Waals surface area contributed by atoms with E-state index in [9.17, 15) is 14.4 Å². The molecule has 1 aromatic rings. The molecule has 0 bridgehead atoms. The SMILES string of the molecule is Cc1c(NC(=O)N2CC2)cc(NC(=O)N2CC2)cc1NC(=O)N1CC1. The Morgan fingerprint density at radius 1 is 0.720 bits per heavy atom. The first-order chi connectivity index (χ1) is 12.0. The van der Waals surface area contributed by atoms with Crippen LogP contribution in [0.5, 0.6) is 0 Å². The molecule has 3 heterocycles. The minimum absolute atomic E-state index is 0.180. The van der Waals surface area contributed by atoms with Crippen molar-refractivity contribution in [2.24, 2.45) is 0 Å². The van der Waals surface area contributed by atoms with E-state index in [1.165, 1.54) is 0 Å². The van der Waals surface area contributed by atoms with Gasteiger partial charge in [-0.25, -0.2) is 14.4 Å². The molecule has 0 saturated carbocycles. The maximum absolute atomic E-state index is 12.1. The number of nitrogens with zero attached hydrogens (tertiary/aromatic N) is 3. The average Bonchev–Trinajstić information content (AvgIpc) is 3.41. The quantitative estimate of drug-likeness (QED) is 0.726. The van der Waals surface area contributed by atoms with Crippen LogP contribution in [0.25, 0.3) is 0 Å². The fourth-order valence-electron chi connectivity index (χ4n) is 2.40. The number of hydrogen-bond donors (Lipinski definition) is 3. The van der Waals surface area contributed by atoms with E-state index in [0.29, 0.717) is 17.1 Å². The van der Waals surface area contributed by atoms with Gasteiger partial charge in [0.1, 0.15) is 0 Å². The third kappa shape index (κ3) is 3.59. The Morgan fingerprint density at radius 3 is 1.44 bits per heavy atom. The number of hydrogen-bond acceptors (Lipinski definition) is 3. The summed E-state index contributed by atoms with van der Waals surface area (Å²) in [7, 11) is 0. The number of urea groups is 3. The van der Waals surface area contributed by atoms with Crippen molar-refractivity contribution in [1.82, 2.24) is 14.7 Å². The molecule has 3 saturated heterocycles. The molecule has 0 unspecified atom stereocenters. The van der Waals surface area contributed by atoms with Gasteiger partial charge in [0.05, 0.1) is 0 Å². The molecule has 3 aliphatic rings. The molecule has 3 aliphatic heterocycles. The number of amides is 6. The van der Waals surface area contributed by atoms with Crippen molar-refractivity contribution in [3.05, 3.63) is 17.7 Å². The summed E-state index contributed by atoms with van der Waals surface area (Å²) in [4.78, 5) is 41.1. The molecule has 132 valence electrons. The fraction of sp³-hybridized carbons (Fsp3) is 0.438. The fourth-order valence-corrected chi connectivity index (χ4v) is 2.40. The Hall–Kier alpha value is -2.97. The third-order valence-corrected chi connectivity index (χ3v) is 4.35. The largest absolute Gasteiger partial charge is 0.321 e. The molecule has 0 atom stereocenters. The highest BCUT2D eigenvalue weighted by Gasteiger charge is 2.28. The van der Waals surface area contributed by atoms with Gasteiger partial charge in [0, 0.05) is 56.3 Å². The summed E-state index contributed by atoms with van der Waals surface area (Å²) in [6, 6.07) is 2.88. The summed E-state index contributed by atoms with van der Waals surface area (Å²) in [5.74, 6) is 0. The van der Waals surface area contributed by atoms with Crippen LogP contribution in [0.1, 0.15) is 5.56 Å². The highest BCUT2D eigenvalue weighted by Crippen LogP contribution is 2.30. The average molecular weight is 344 g/mol. The van der Waals surface area contributed by atoms with Crippen molar-refractivity contribution in [3.63, 3.8) is 0 Å². The van der Waals surface area contributed by atoms with Gasteiger partial charge in [-0.3, -0.25) is 0 Å². The van der Waals surface area contributed by atoms with E-state index < -0.39 is 0 Å². The molecule has 6 amide bonds. The molecule has 0 radical (unpaired) electrons. The zero-order valence-corrected chi connectivity index (χ0v) is 14.0. The predicted octanol–water partition coefficient (Wildman–Crippen LogP) is 1.54. The summed E-state index contributed by atoms with van der Waals surface area (Å²) in [5.41, 5.74) is 2.42. The first-order valence-electron chi connectivity index (χ1n) is 8.34. The summed E-state index contributed by atoms with van der Waals surface area (Å²) in [5, 5.41) is 8.50. The zero-order valence-electron chi connectivity index (χ0n) is 14.0. The Kier molecular flexibility index (Phi) is 3.63. The lowest BCUT2D eigenvalue weighted by Crippen LogP contribution is -2.23. The van der Waals surface area contributed by atoms with Crippen molar-refractivity contribution < 1.29 is 14.4 Å². The summed E-state index contributed by atoms with van der Waals surface area (Å²) in [6.45, 7) is 6.29. The number of benzene rings is 1. The van der Waals surface area contributed by atoms with Crippen LogP contribution in [0.4, 0.5) is 31.4 Å². The van der Waals surface area contributed by atoms with Crippen molar-refractivity contribution in [3.8, 4) is 0 Å².